The van der Waals surface area contributed by atoms with Crippen LogP contribution in [0.25, 0.3) is 10.8 Å². The second kappa shape index (κ2) is 7.81. The molecule has 128 valence electrons. The van der Waals surface area contributed by atoms with Crippen LogP contribution in [-0.4, -0.2) is 24.1 Å². The molecule has 0 aliphatic rings. The summed E-state index contributed by atoms with van der Waals surface area (Å²) in [5.74, 6) is -0.251. The molecular weight excluding hydrogens is 304 g/mol. The second-order valence-electron chi connectivity index (χ2n) is 6.63. The molecule has 0 bridgehead atoms. The van der Waals surface area contributed by atoms with E-state index in [1.165, 1.54) is 0 Å². The number of ether oxygens (including phenoxy) is 1. The van der Waals surface area contributed by atoms with Crippen molar-refractivity contribution >= 4 is 28.5 Å². The average molecular weight is 328 g/mol. The molecule has 0 saturated carbocycles. The quantitative estimate of drug-likeness (QED) is 0.642. The van der Waals surface area contributed by atoms with Crippen LogP contribution in [0.4, 0.5) is 10.5 Å². The predicted molar refractivity (Wildman–Crippen MR) is 96.0 cm³/mol. The first-order valence-electron chi connectivity index (χ1n) is 8.09. The van der Waals surface area contributed by atoms with Crippen molar-refractivity contribution in [2.24, 2.45) is 0 Å². The minimum atomic E-state index is -0.474. The molecule has 2 aromatic rings. The maximum atomic E-state index is 11.9. The zero-order valence-corrected chi connectivity index (χ0v) is 14.4. The number of urea groups is 1. The van der Waals surface area contributed by atoms with Gasteiger partial charge in [-0.05, 0) is 50.1 Å². The Labute approximate surface area is 142 Å². The lowest BCUT2D eigenvalue weighted by molar-refractivity contribution is -0.154. The Hall–Kier alpha value is -2.56. The maximum absolute atomic E-state index is 11.9. The predicted octanol–water partition coefficient (Wildman–Crippen LogP) is 4.08. The summed E-state index contributed by atoms with van der Waals surface area (Å²) in [6.07, 6.45) is 0.827. The summed E-state index contributed by atoms with van der Waals surface area (Å²) in [6, 6.07) is 13.4. The van der Waals surface area contributed by atoms with Gasteiger partial charge in [-0.15, -0.1) is 0 Å². The molecule has 2 aromatic carbocycles. The van der Waals surface area contributed by atoms with Crippen LogP contribution in [0.1, 0.15) is 33.6 Å². The van der Waals surface area contributed by atoms with E-state index in [0.29, 0.717) is 13.0 Å². The van der Waals surface area contributed by atoms with Crippen molar-refractivity contribution in [1.82, 2.24) is 5.32 Å². The molecule has 0 unspecified atom stereocenters. The van der Waals surface area contributed by atoms with Crippen LogP contribution in [0, 0.1) is 0 Å². The smallest absolute Gasteiger partial charge is 0.319 e. The minimum Gasteiger partial charge on any atom is -0.460 e. The summed E-state index contributed by atoms with van der Waals surface area (Å²) in [7, 11) is 0. The van der Waals surface area contributed by atoms with Crippen LogP contribution in [0.2, 0.25) is 0 Å². The molecular formula is C19H24N2O3. The lowest BCUT2D eigenvalue weighted by Gasteiger charge is -2.19. The summed E-state index contributed by atoms with van der Waals surface area (Å²) in [5.41, 5.74) is 0.260. The largest absolute Gasteiger partial charge is 0.460 e. The van der Waals surface area contributed by atoms with Gasteiger partial charge in [0.1, 0.15) is 5.60 Å². The van der Waals surface area contributed by atoms with Gasteiger partial charge in [0.15, 0.2) is 0 Å². The van der Waals surface area contributed by atoms with E-state index in [1.54, 1.807) is 0 Å². The van der Waals surface area contributed by atoms with E-state index in [0.717, 1.165) is 16.5 Å². The van der Waals surface area contributed by atoms with Crippen molar-refractivity contribution in [3.8, 4) is 0 Å². The monoisotopic (exact) mass is 328 g/mol. The van der Waals surface area contributed by atoms with Gasteiger partial charge < -0.3 is 15.4 Å². The van der Waals surface area contributed by atoms with Crippen molar-refractivity contribution in [3.63, 3.8) is 0 Å². The normalized spacial score (nSPS) is 11.1. The van der Waals surface area contributed by atoms with Crippen LogP contribution in [0.5, 0.6) is 0 Å². The molecule has 2 amide bonds. The van der Waals surface area contributed by atoms with Crippen molar-refractivity contribution < 1.29 is 14.3 Å². The number of anilines is 1. The molecule has 0 heterocycles. The number of esters is 1. The number of carbonyl (C=O) groups is 2. The van der Waals surface area contributed by atoms with Gasteiger partial charge in [-0.2, -0.15) is 0 Å². The van der Waals surface area contributed by atoms with Gasteiger partial charge >= 0.3 is 12.0 Å². The van der Waals surface area contributed by atoms with Crippen molar-refractivity contribution in [2.45, 2.75) is 39.2 Å². The Bertz CT molecular complexity index is 720. The van der Waals surface area contributed by atoms with Gasteiger partial charge in [0, 0.05) is 18.7 Å². The topological polar surface area (TPSA) is 67.4 Å². The van der Waals surface area contributed by atoms with Gasteiger partial charge in [0.05, 0.1) is 0 Å². The molecule has 5 nitrogen and oxygen atoms in total. The second-order valence-corrected chi connectivity index (χ2v) is 6.63. The summed E-state index contributed by atoms with van der Waals surface area (Å²) >= 11 is 0. The van der Waals surface area contributed by atoms with E-state index >= 15 is 0 Å². The molecule has 0 spiro atoms. The third kappa shape index (κ3) is 5.91. The number of nitrogens with one attached hydrogen (secondary N) is 2. The van der Waals surface area contributed by atoms with Crippen molar-refractivity contribution in [2.75, 3.05) is 11.9 Å². The van der Waals surface area contributed by atoms with E-state index in [4.69, 9.17) is 4.74 Å². The number of fused-ring (bicyclic) bond motifs is 1. The number of hydrogen-bond acceptors (Lipinski definition) is 3. The number of carbonyl (C=O) groups excluding carboxylic acids is 2. The molecule has 0 atom stereocenters. The Morgan fingerprint density at radius 1 is 1.04 bits per heavy atom. The van der Waals surface area contributed by atoms with E-state index in [2.05, 4.69) is 10.6 Å². The fourth-order valence-corrected chi connectivity index (χ4v) is 2.27. The van der Waals surface area contributed by atoms with E-state index < -0.39 is 5.60 Å². The molecule has 5 heteroatoms. The van der Waals surface area contributed by atoms with Crippen LogP contribution >= 0.6 is 0 Å². The molecule has 0 fully saturated rings. The standard InChI is InChI=1S/C19H24N2O3/c1-19(2,3)24-17(22)9-6-12-20-18(23)21-16-11-10-14-7-4-5-8-15(14)13-16/h4-5,7-8,10-11,13H,6,9,12H2,1-3H3,(H2,20,21,23). The molecule has 2 rings (SSSR count). The SMILES string of the molecule is CC(C)(C)OC(=O)CCCNC(=O)Nc1ccc2ccccc2c1. The lowest BCUT2D eigenvalue weighted by atomic mass is 10.1. The summed E-state index contributed by atoms with van der Waals surface area (Å²) < 4.78 is 5.21. The lowest BCUT2D eigenvalue weighted by Crippen LogP contribution is -2.30. The Morgan fingerprint density at radius 3 is 2.46 bits per heavy atom. The number of amides is 2. The highest BCUT2D eigenvalue weighted by molar-refractivity contribution is 5.93. The highest BCUT2D eigenvalue weighted by atomic mass is 16.6. The number of benzene rings is 2. The molecule has 0 aliphatic carbocycles. The highest BCUT2D eigenvalue weighted by Gasteiger charge is 2.15. The van der Waals surface area contributed by atoms with Gasteiger partial charge in [0.25, 0.3) is 0 Å². The molecule has 0 saturated heterocycles. The van der Waals surface area contributed by atoms with Crippen LogP contribution < -0.4 is 10.6 Å². The van der Waals surface area contributed by atoms with Gasteiger partial charge in [-0.25, -0.2) is 4.79 Å². The van der Waals surface area contributed by atoms with Crippen molar-refractivity contribution in [1.29, 1.82) is 0 Å². The van der Waals surface area contributed by atoms with E-state index in [-0.39, 0.29) is 18.4 Å². The molecule has 2 N–H and O–H groups in total. The van der Waals surface area contributed by atoms with E-state index in [1.807, 2.05) is 63.2 Å². The first kappa shape index (κ1) is 17.8. The summed E-state index contributed by atoms with van der Waals surface area (Å²) in [4.78, 5) is 23.5. The zero-order valence-electron chi connectivity index (χ0n) is 14.4. The highest BCUT2D eigenvalue weighted by Crippen LogP contribution is 2.18. The molecule has 0 aliphatic heterocycles. The first-order valence-corrected chi connectivity index (χ1v) is 8.09. The Morgan fingerprint density at radius 2 is 1.75 bits per heavy atom. The van der Waals surface area contributed by atoms with Gasteiger partial charge in [-0.3, -0.25) is 4.79 Å². The molecule has 24 heavy (non-hydrogen) atoms. The number of hydrogen-bond donors (Lipinski definition) is 2. The van der Waals surface area contributed by atoms with Gasteiger partial charge in [-0.1, -0.05) is 30.3 Å². The fourth-order valence-electron chi connectivity index (χ4n) is 2.27. The first-order chi connectivity index (χ1) is 11.3. The van der Waals surface area contributed by atoms with Crippen LogP contribution in [0.3, 0.4) is 0 Å². The van der Waals surface area contributed by atoms with Crippen LogP contribution in [-0.2, 0) is 9.53 Å². The number of rotatable bonds is 5. The summed E-state index contributed by atoms with van der Waals surface area (Å²) in [6.45, 7) is 5.92. The summed E-state index contributed by atoms with van der Waals surface area (Å²) in [5, 5.41) is 7.73. The Balaban J connectivity index is 1.74. The minimum absolute atomic E-state index is 0.251. The zero-order chi connectivity index (χ0) is 17.6. The third-order valence-electron chi connectivity index (χ3n) is 3.27. The van der Waals surface area contributed by atoms with E-state index in [9.17, 15) is 9.59 Å². The molecule has 0 aromatic heterocycles. The average Bonchev–Trinajstić information content (AvgIpc) is 2.50. The molecule has 0 radical (unpaired) electrons. The van der Waals surface area contributed by atoms with Crippen LogP contribution in [0.15, 0.2) is 42.5 Å². The maximum Gasteiger partial charge on any atom is 0.319 e. The van der Waals surface area contributed by atoms with Gasteiger partial charge in [0.2, 0.25) is 0 Å². The third-order valence-corrected chi connectivity index (χ3v) is 3.27. The fraction of sp³-hybridized carbons (Fsp3) is 0.368. The van der Waals surface area contributed by atoms with Crippen molar-refractivity contribution in [3.05, 3.63) is 42.5 Å². The Kier molecular flexibility index (Phi) is 5.79.